The molecule has 0 amide bonds. The van der Waals surface area contributed by atoms with Gasteiger partial charge < -0.3 is 5.32 Å². The first-order valence-corrected chi connectivity index (χ1v) is 5.33. The quantitative estimate of drug-likeness (QED) is 0.734. The van der Waals surface area contributed by atoms with Crippen molar-refractivity contribution in [2.24, 2.45) is 11.8 Å². The Morgan fingerprint density at radius 2 is 2.14 bits per heavy atom. The van der Waals surface area contributed by atoms with E-state index in [0.29, 0.717) is 18.9 Å². The molecular formula is C10H16F3N. The molecule has 0 radical (unpaired) electrons. The van der Waals surface area contributed by atoms with Crippen molar-refractivity contribution in [3.8, 4) is 0 Å². The third-order valence-corrected chi connectivity index (χ3v) is 3.70. The van der Waals surface area contributed by atoms with Crippen LogP contribution in [-0.4, -0.2) is 18.3 Å². The molecule has 4 heteroatoms. The number of halogens is 3. The minimum Gasteiger partial charge on any atom is -0.304 e. The summed E-state index contributed by atoms with van der Waals surface area (Å²) in [6.07, 6.45) is -1.33. The molecule has 0 spiro atoms. The highest BCUT2D eigenvalue weighted by Crippen LogP contribution is 2.59. The van der Waals surface area contributed by atoms with Crippen LogP contribution in [0.1, 0.15) is 32.6 Å². The first-order valence-electron chi connectivity index (χ1n) is 5.33. The zero-order valence-electron chi connectivity index (χ0n) is 8.32. The fraction of sp³-hybridized carbons (Fsp3) is 1.00. The monoisotopic (exact) mass is 207 g/mol. The predicted molar refractivity (Wildman–Crippen MR) is 47.9 cm³/mol. The molecule has 2 saturated carbocycles. The number of rotatable bonds is 2. The molecule has 2 rings (SSSR count). The average molecular weight is 207 g/mol. The maximum atomic E-state index is 13.0. The number of alkyl halides is 3. The van der Waals surface area contributed by atoms with Gasteiger partial charge in [-0.05, 0) is 31.2 Å². The highest BCUT2D eigenvalue weighted by Gasteiger charge is 2.66. The predicted octanol–water partition coefficient (Wildman–Crippen LogP) is 2.72. The summed E-state index contributed by atoms with van der Waals surface area (Å²) in [6.45, 7) is 2.15. The number of hydrogen-bond donors (Lipinski definition) is 1. The molecule has 0 saturated heterocycles. The summed E-state index contributed by atoms with van der Waals surface area (Å²) < 4.78 is 39.0. The van der Waals surface area contributed by atoms with Gasteiger partial charge in [-0.2, -0.15) is 13.2 Å². The van der Waals surface area contributed by atoms with Gasteiger partial charge in [0.1, 0.15) is 5.54 Å². The van der Waals surface area contributed by atoms with Crippen molar-refractivity contribution in [2.45, 2.75) is 44.3 Å². The molecule has 3 unspecified atom stereocenters. The topological polar surface area (TPSA) is 12.0 Å². The zero-order valence-corrected chi connectivity index (χ0v) is 8.32. The Morgan fingerprint density at radius 1 is 1.43 bits per heavy atom. The molecule has 0 aromatic carbocycles. The summed E-state index contributed by atoms with van der Waals surface area (Å²) in [5.74, 6) is 0.195. The van der Waals surface area contributed by atoms with Gasteiger partial charge in [0, 0.05) is 0 Å². The van der Waals surface area contributed by atoms with Gasteiger partial charge in [-0.1, -0.05) is 19.8 Å². The Balaban J connectivity index is 2.21. The molecule has 1 nitrogen and oxygen atoms in total. The lowest BCUT2D eigenvalue weighted by Crippen LogP contribution is -2.59. The van der Waals surface area contributed by atoms with E-state index >= 15 is 0 Å². The van der Waals surface area contributed by atoms with Crippen molar-refractivity contribution in [3.05, 3.63) is 0 Å². The normalized spacial score (nSPS) is 42.0. The molecule has 0 heterocycles. The van der Waals surface area contributed by atoms with Gasteiger partial charge in [0.25, 0.3) is 0 Å². The minimum absolute atomic E-state index is 0.142. The van der Waals surface area contributed by atoms with Crippen LogP contribution in [0.5, 0.6) is 0 Å². The lowest BCUT2D eigenvalue weighted by Gasteiger charge is -2.39. The van der Waals surface area contributed by atoms with Crippen LogP contribution in [0.3, 0.4) is 0 Å². The highest BCUT2D eigenvalue weighted by atomic mass is 19.4. The number of nitrogens with one attached hydrogen (secondary N) is 1. The second-order valence-corrected chi connectivity index (χ2v) is 4.49. The lowest BCUT2D eigenvalue weighted by molar-refractivity contribution is -0.210. The summed E-state index contributed by atoms with van der Waals surface area (Å²) >= 11 is 0. The van der Waals surface area contributed by atoms with E-state index in [0.717, 1.165) is 12.8 Å². The molecule has 2 aliphatic rings. The first kappa shape index (κ1) is 10.3. The van der Waals surface area contributed by atoms with E-state index in [2.05, 4.69) is 5.32 Å². The maximum absolute atomic E-state index is 13.0. The van der Waals surface area contributed by atoms with Crippen LogP contribution in [0.2, 0.25) is 0 Å². The fourth-order valence-electron chi connectivity index (χ4n) is 2.99. The summed E-state index contributed by atoms with van der Waals surface area (Å²) in [5, 5.41) is 2.70. The van der Waals surface area contributed by atoms with Crippen molar-refractivity contribution < 1.29 is 13.2 Å². The molecule has 1 N–H and O–H groups in total. The maximum Gasteiger partial charge on any atom is 0.406 e. The van der Waals surface area contributed by atoms with E-state index < -0.39 is 11.7 Å². The summed E-state index contributed by atoms with van der Waals surface area (Å²) in [4.78, 5) is 0. The van der Waals surface area contributed by atoms with Gasteiger partial charge in [-0.25, -0.2) is 0 Å². The number of hydrogen-bond acceptors (Lipinski definition) is 1. The molecule has 0 aromatic heterocycles. The molecule has 2 fully saturated rings. The minimum atomic E-state index is -4.08. The van der Waals surface area contributed by atoms with E-state index in [1.807, 2.05) is 0 Å². The second kappa shape index (κ2) is 3.12. The van der Waals surface area contributed by atoms with E-state index in [1.54, 1.807) is 6.92 Å². The second-order valence-electron chi connectivity index (χ2n) is 4.49. The Morgan fingerprint density at radius 3 is 2.71 bits per heavy atom. The molecule has 2 aliphatic carbocycles. The van der Waals surface area contributed by atoms with Crippen LogP contribution < -0.4 is 5.32 Å². The van der Waals surface area contributed by atoms with Crippen LogP contribution in [0, 0.1) is 11.8 Å². The van der Waals surface area contributed by atoms with Gasteiger partial charge in [0.2, 0.25) is 0 Å². The zero-order chi connectivity index (χ0) is 10.4. The van der Waals surface area contributed by atoms with Crippen LogP contribution in [0.4, 0.5) is 13.2 Å². The van der Waals surface area contributed by atoms with Crippen molar-refractivity contribution in [1.82, 2.24) is 5.32 Å². The molecule has 3 atom stereocenters. The highest BCUT2D eigenvalue weighted by molar-refractivity contribution is 5.12. The van der Waals surface area contributed by atoms with E-state index in [4.69, 9.17) is 0 Å². The van der Waals surface area contributed by atoms with Crippen LogP contribution in [0.15, 0.2) is 0 Å². The summed E-state index contributed by atoms with van der Waals surface area (Å²) in [5.41, 5.74) is -1.55. The molecule has 0 bridgehead atoms. The van der Waals surface area contributed by atoms with Crippen LogP contribution >= 0.6 is 0 Å². The largest absolute Gasteiger partial charge is 0.406 e. The molecular weight excluding hydrogens is 191 g/mol. The van der Waals surface area contributed by atoms with Crippen molar-refractivity contribution in [3.63, 3.8) is 0 Å². The van der Waals surface area contributed by atoms with Crippen molar-refractivity contribution >= 4 is 0 Å². The van der Waals surface area contributed by atoms with Crippen LogP contribution in [0.25, 0.3) is 0 Å². The summed E-state index contributed by atoms with van der Waals surface area (Å²) in [7, 11) is 0. The van der Waals surface area contributed by atoms with Gasteiger partial charge in [-0.15, -0.1) is 0 Å². The van der Waals surface area contributed by atoms with Crippen LogP contribution in [-0.2, 0) is 0 Å². The number of fused-ring (bicyclic) bond motifs is 1. The van der Waals surface area contributed by atoms with Gasteiger partial charge in [-0.3, -0.25) is 0 Å². The molecule has 82 valence electrons. The summed E-state index contributed by atoms with van der Waals surface area (Å²) in [6, 6.07) is 0. The fourth-order valence-corrected chi connectivity index (χ4v) is 2.99. The van der Waals surface area contributed by atoms with E-state index in [1.165, 1.54) is 0 Å². The Bertz CT molecular complexity index is 222. The molecule has 14 heavy (non-hydrogen) atoms. The van der Waals surface area contributed by atoms with Gasteiger partial charge in [0.15, 0.2) is 0 Å². The standard InChI is InChI=1S/C10H16F3N/c1-2-14-9(10(11,12)13)5-3-4-7-6-8(7)9/h7-8,14H,2-6H2,1H3. The Kier molecular flexibility index (Phi) is 2.29. The third-order valence-electron chi connectivity index (χ3n) is 3.70. The lowest BCUT2D eigenvalue weighted by atomic mass is 9.80. The van der Waals surface area contributed by atoms with E-state index in [-0.39, 0.29) is 12.3 Å². The Hall–Kier alpha value is -0.250. The van der Waals surface area contributed by atoms with Crippen molar-refractivity contribution in [2.75, 3.05) is 6.54 Å². The van der Waals surface area contributed by atoms with Gasteiger partial charge in [0.05, 0.1) is 0 Å². The average Bonchev–Trinajstić information content (AvgIpc) is 2.82. The van der Waals surface area contributed by atoms with Crippen molar-refractivity contribution in [1.29, 1.82) is 0 Å². The van der Waals surface area contributed by atoms with Gasteiger partial charge >= 0.3 is 6.18 Å². The third kappa shape index (κ3) is 1.35. The smallest absolute Gasteiger partial charge is 0.304 e. The Labute approximate surface area is 82.1 Å². The first-order chi connectivity index (χ1) is 6.51. The SMILES string of the molecule is CCNC1(C(F)(F)F)CCCC2CC21. The molecule has 0 aliphatic heterocycles. The molecule has 0 aromatic rings. The van der Waals surface area contributed by atoms with E-state index in [9.17, 15) is 13.2 Å².